The smallest absolute Gasteiger partial charge is 0.361 e. The largest absolute Gasteiger partial charge is 0.416 e. The van der Waals surface area contributed by atoms with Crippen LogP contribution in [0, 0.1) is 0 Å². The molecule has 1 aliphatic rings. The number of fused-ring (bicyclic) bond motifs is 1. The Balaban J connectivity index is 2.04. The Morgan fingerprint density at radius 2 is 1.95 bits per heavy atom. The van der Waals surface area contributed by atoms with Crippen LogP contribution in [0.25, 0.3) is 0 Å². The molecule has 2 aromatic rings. The third-order valence-electron chi connectivity index (χ3n) is 4.19. The zero-order chi connectivity index (χ0) is 15.3. The minimum absolute atomic E-state index is 0.176. The van der Waals surface area contributed by atoms with E-state index in [0.29, 0.717) is 18.4 Å². The van der Waals surface area contributed by atoms with Crippen LogP contribution in [0.1, 0.15) is 48.6 Å². The first kappa shape index (κ1) is 14.2. The molecule has 0 saturated carbocycles. The molecule has 5 heteroatoms. The van der Waals surface area contributed by atoms with Crippen molar-refractivity contribution in [2.24, 2.45) is 0 Å². The van der Waals surface area contributed by atoms with Crippen LogP contribution in [0.5, 0.6) is 0 Å². The lowest BCUT2D eigenvalue weighted by molar-refractivity contribution is -0.138. The van der Waals surface area contributed by atoms with Gasteiger partial charge < -0.3 is 4.52 Å². The third kappa shape index (κ3) is 2.45. The second kappa shape index (κ2) is 4.61. The van der Waals surface area contributed by atoms with Gasteiger partial charge in [-0.1, -0.05) is 37.2 Å². The molecule has 1 atom stereocenters. The number of alkyl halides is 3. The van der Waals surface area contributed by atoms with Gasteiger partial charge in [0, 0.05) is 11.0 Å². The summed E-state index contributed by atoms with van der Waals surface area (Å²) >= 11 is 0. The maximum Gasteiger partial charge on any atom is 0.416 e. The predicted octanol–water partition coefficient (Wildman–Crippen LogP) is 4.70. The van der Waals surface area contributed by atoms with Crippen LogP contribution in [0.2, 0.25) is 0 Å². The molecule has 3 rings (SSSR count). The van der Waals surface area contributed by atoms with Crippen molar-refractivity contribution in [3.05, 3.63) is 52.9 Å². The van der Waals surface area contributed by atoms with Gasteiger partial charge in [-0.05, 0) is 30.4 Å². The molecule has 21 heavy (non-hydrogen) atoms. The Morgan fingerprint density at radius 1 is 1.24 bits per heavy atom. The fourth-order valence-electron chi connectivity index (χ4n) is 3.34. The fraction of sp³-hybridized carbons (Fsp3) is 0.438. The molecule has 0 radical (unpaired) electrons. The second-order valence-corrected chi connectivity index (χ2v) is 6.25. The van der Waals surface area contributed by atoms with Gasteiger partial charge in [-0.15, -0.1) is 0 Å². The Labute approximate surface area is 120 Å². The minimum atomic E-state index is -4.32. The van der Waals surface area contributed by atoms with E-state index in [0.717, 1.165) is 17.4 Å². The van der Waals surface area contributed by atoms with Gasteiger partial charge in [-0.2, -0.15) is 13.2 Å². The number of nitrogens with zero attached hydrogens (tertiary/aromatic N) is 1. The van der Waals surface area contributed by atoms with E-state index in [1.807, 2.05) is 13.8 Å². The average molecular weight is 295 g/mol. The molecule has 1 aromatic carbocycles. The van der Waals surface area contributed by atoms with Gasteiger partial charge in [0.1, 0.15) is 5.76 Å². The zero-order valence-corrected chi connectivity index (χ0v) is 11.9. The molecule has 1 aliphatic carbocycles. The molecule has 0 bridgehead atoms. The lowest BCUT2D eigenvalue weighted by Gasteiger charge is -2.34. The van der Waals surface area contributed by atoms with Crippen molar-refractivity contribution in [3.8, 4) is 0 Å². The van der Waals surface area contributed by atoms with Crippen molar-refractivity contribution in [3.63, 3.8) is 0 Å². The van der Waals surface area contributed by atoms with E-state index in [2.05, 4.69) is 5.16 Å². The molecular formula is C16H16F3NO. The molecule has 1 aromatic heterocycles. The van der Waals surface area contributed by atoms with Crippen LogP contribution in [0.4, 0.5) is 13.2 Å². The summed E-state index contributed by atoms with van der Waals surface area (Å²) < 4.78 is 44.9. The molecule has 112 valence electrons. The molecule has 0 aliphatic heterocycles. The van der Waals surface area contributed by atoms with Gasteiger partial charge in [-0.3, -0.25) is 0 Å². The lowest BCUT2D eigenvalue weighted by Crippen LogP contribution is -2.28. The summed E-state index contributed by atoms with van der Waals surface area (Å²) in [6.07, 6.45) is -1.55. The molecule has 0 N–H and O–H groups in total. The highest BCUT2D eigenvalue weighted by molar-refractivity contribution is 5.38. The first-order valence-corrected chi connectivity index (χ1v) is 6.89. The number of halogens is 3. The number of hydrogen-bond acceptors (Lipinski definition) is 2. The van der Waals surface area contributed by atoms with E-state index in [1.54, 1.807) is 18.3 Å². The molecule has 0 fully saturated rings. The number of rotatable bonds is 1. The zero-order valence-electron chi connectivity index (χ0n) is 11.9. The Bertz CT molecular complexity index is 658. The molecule has 2 nitrogen and oxygen atoms in total. The van der Waals surface area contributed by atoms with E-state index in [-0.39, 0.29) is 11.3 Å². The van der Waals surface area contributed by atoms with Gasteiger partial charge in [-0.25, -0.2) is 0 Å². The molecule has 1 heterocycles. The van der Waals surface area contributed by atoms with Crippen molar-refractivity contribution in [1.29, 1.82) is 0 Å². The third-order valence-corrected chi connectivity index (χ3v) is 4.19. The van der Waals surface area contributed by atoms with Crippen LogP contribution in [0.3, 0.4) is 0 Å². The van der Waals surface area contributed by atoms with Crippen LogP contribution in [0.15, 0.2) is 35.0 Å². The van der Waals surface area contributed by atoms with Crippen molar-refractivity contribution in [2.75, 3.05) is 0 Å². The van der Waals surface area contributed by atoms with Crippen LogP contribution < -0.4 is 0 Å². The maximum absolute atomic E-state index is 13.2. The monoisotopic (exact) mass is 295 g/mol. The Morgan fingerprint density at radius 3 is 2.67 bits per heavy atom. The highest BCUT2D eigenvalue weighted by Gasteiger charge is 2.41. The van der Waals surface area contributed by atoms with E-state index in [9.17, 15) is 13.2 Å². The normalized spacial score (nSPS) is 21.1. The standard InChI is InChI=1S/C16H16F3NO/c1-15(2)8-10(7-11-9-20-21-14(11)15)12-5-3-4-6-13(12)16(17,18)19/h3-6,9-10H,7-8H2,1-2H3. The van der Waals surface area contributed by atoms with Gasteiger partial charge in [0.2, 0.25) is 0 Å². The first-order valence-electron chi connectivity index (χ1n) is 6.89. The van der Waals surface area contributed by atoms with Crippen molar-refractivity contribution in [1.82, 2.24) is 5.16 Å². The fourth-order valence-corrected chi connectivity index (χ4v) is 3.34. The van der Waals surface area contributed by atoms with E-state index < -0.39 is 11.7 Å². The number of hydrogen-bond donors (Lipinski definition) is 0. The number of aromatic nitrogens is 1. The van der Waals surface area contributed by atoms with Crippen molar-refractivity contribution < 1.29 is 17.7 Å². The van der Waals surface area contributed by atoms with E-state index in [4.69, 9.17) is 4.52 Å². The summed E-state index contributed by atoms with van der Waals surface area (Å²) in [5.74, 6) is 0.618. The Hall–Kier alpha value is -1.78. The summed E-state index contributed by atoms with van der Waals surface area (Å²) in [6.45, 7) is 3.97. The Kier molecular flexibility index (Phi) is 3.11. The topological polar surface area (TPSA) is 26.0 Å². The number of benzene rings is 1. The predicted molar refractivity (Wildman–Crippen MR) is 72.0 cm³/mol. The van der Waals surface area contributed by atoms with Gasteiger partial charge in [0.25, 0.3) is 0 Å². The quantitative estimate of drug-likeness (QED) is 0.762. The molecule has 0 amide bonds. The van der Waals surface area contributed by atoms with Crippen LogP contribution in [-0.4, -0.2) is 5.16 Å². The summed E-state index contributed by atoms with van der Waals surface area (Å²) in [6, 6.07) is 5.85. The molecule has 0 spiro atoms. The van der Waals surface area contributed by atoms with E-state index in [1.165, 1.54) is 6.07 Å². The van der Waals surface area contributed by atoms with Gasteiger partial charge >= 0.3 is 6.18 Å². The van der Waals surface area contributed by atoms with E-state index >= 15 is 0 Å². The van der Waals surface area contributed by atoms with Gasteiger partial charge in [0.15, 0.2) is 0 Å². The lowest BCUT2D eigenvalue weighted by atomic mass is 9.69. The highest BCUT2D eigenvalue weighted by atomic mass is 19.4. The summed E-state index contributed by atoms with van der Waals surface area (Å²) in [4.78, 5) is 0. The maximum atomic E-state index is 13.2. The summed E-state index contributed by atoms with van der Waals surface area (Å²) in [5, 5.41) is 3.80. The van der Waals surface area contributed by atoms with Crippen LogP contribution >= 0.6 is 0 Å². The second-order valence-electron chi connectivity index (χ2n) is 6.25. The van der Waals surface area contributed by atoms with Crippen molar-refractivity contribution >= 4 is 0 Å². The van der Waals surface area contributed by atoms with Crippen LogP contribution in [-0.2, 0) is 18.0 Å². The average Bonchev–Trinajstić information content (AvgIpc) is 2.86. The molecule has 1 unspecified atom stereocenters. The first-order chi connectivity index (χ1) is 9.79. The molecular weight excluding hydrogens is 279 g/mol. The van der Waals surface area contributed by atoms with Gasteiger partial charge in [0.05, 0.1) is 11.8 Å². The highest BCUT2D eigenvalue weighted by Crippen LogP contribution is 2.46. The molecule has 0 saturated heterocycles. The summed E-state index contributed by atoms with van der Waals surface area (Å²) in [7, 11) is 0. The minimum Gasteiger partial charge on any atom is -0.361 e. The van der Waals surface area contributed by atoms with Crippen molar-refractivity contribution in [2.45, 2.75) is 44.2 Å². The summed E-state index contributed by atoms with van der Waals surface area (Å²) in [5.41, 5.74) is 0.428. The SMILES string of the molecule is CC1(C)CC(c2ccccc2C(F)(F)F)Cc2cnoc21.